The Labute approximate surface area is 190 Å². The van der Waals surface area contributed by atoms with Gasteiger partial charge in [0.1, 0.15) is 0 Å². The van der Waals surface area contributed by atoms with Crippen molar-refractivity contribution in [2.24, 2.45) is 0 Å². The van der Waals surface area contributed by atoms with Crippen LogP contribution in [0.3, 0.4) is 0 Å². The van der Waals surface area contributed by atoms with Crippen LogP contribution >= 0.6 is 34.7 Å². The molecule has 3 rings (SSSR count). The maximum absolute atomic E-state index is 12.5. The van der Waals surface area contributed by atoms with Gasteiger partial charge in [0, 0.05) is 55.5 Å². The van der Waals surface area contributed by atoms with E-state index in [4.69, 9.17) is 11.6 Å². The molecule has 0 atom stereocenters. The molecule has 1 aromatic heterocycles. The molecule has 0 bridgehead atoms. The van der Waals surface area contributed by atoms with E-state index in [9.17, 15) is 9.59 Å². The number of benzene rings is 1. The molecule has 2 amide bonds. The summed E-state index contributed by atoms with van der Waals surface area (Å²) in [6.07, 6.45) is 2.60. The van der Waals surface area contributed by atoms with Crippen molar-refractivity contribution >= 4 is 57.3 Å². The van der Waals surface area contributed by atoms with E-state index in [0.717, 1.165) is 41.7 Å². The van der Waals surface area contributed by atoms with Crippen molar-refractivity contribution in [2.45, 2.75) is 36.9 Å². The van der Waals surface area contributed by atoms with E-state index in [1.165, 1.54) is 11.3 Å². The fourth-order valence-electron chi connectivity index (χ4n) is 3.07. The number of thioether (sulfide) groups is 1. The summed E-state index contributed by atoms with van der Waals surface area (Å²) in [5.74, 6) is 0.796. The normalized spacial score (nSPS) is 14.1. The van der Waals surface area contributed by atoms with E-state index in [0.29, 0.717) is 23.2 Å². The summed E-state index contributed by atoms with van der Waals surface area (Å²) in [5.41, 5.74) is 1.07. The molecule has 1 fully saturated rings. The molecule has 0 spiro atoms. The zero-order chi connectivity index (χ0) is 21.3. The maximum Gasteiger partial charge on any atom is 0.226 e. The topological polar surface area (TPSA) is 78.4 Å². The quantitative estimate of drug-likeness (QED) is 0.339. The van der Waals surface area contributed by atoms with Gasteiger partial charge in [-0.05, 0) is 24.6 Å². The van der Waals surface area contributed by atoms with Gasteiger partial charge < -0.3 is 15.1 Å². The van der Waals surface area contributed by atoms with Gasteiger partial charge >= 0.3 is 0 Å². The van der Waals surface area contributed by atoms with Crippen LogP contribution in [-0.4, -0.2) is 58.8 Å². The molecule has 162 valence electrons. The SMILES string of the molecule is CCCCSc1nnc(NC(=O)CCC(=O)N2CCN(c3cccc(Cl)c3)CC2)s1. The maximum atomic E-state index is 12.5. The summed E-state index contributed by atoms with van der Waals surface area (Å²) >= 11 is 9.09. The Morgan fingerprint density at radius 2 is 2.00 bits per heavy atom. The zero-order valence-corrected chi connectivity index (χ0v) is 19.4. The number of aromatic nitrogens is 2. The molecular weight excluding hydrogens is 442 g/mol. The monoisotopic (exact) mass is 467 g/mol. The third-order valence-corrected chi connectivity index (χ3v) is 7.04. The number of unbranched alkanes of at least 4 members (excludes halogenated alkanes) is 1. The first-order valence-electron chi connectivity index (χ1n) is 10.1. The van der Waals surface area contributed by atoms with E-state index in [1.807, 2.05) is 29.2 Å². The molecule has 1 saturated heterocycles. The van der Waals surface area contributed by atoms with Crippen LogP contribution in [0.2, 0.25) is 5.02 Å². The highest BCUT2D eigenvalue weighted by Crippen LogP contribution is 2.26. The molecule has 2 aromatic rings. The average Bonchev–Trinajstić information content (AvgIpc) is 3.19. The second-order valence-corrected chi connectivity index (χ2v) is 9.73. The second-order valence-electron chi connectivity index (χ2n) is 6.97. The number of carbonyl (C=O) groups excluding carboxylic acids is 2. The minimum Gasteiger partial charge on any atom is -0.368 e. The highest BCUT2D eigenvalue weighted by molar-refractivity contribution is 8.01. The zero-order valence-electron chi connectivity index (χ0n) is 17.0. The van der Waals surface area contributed by atoms with E-state index >= 15 is 0 Å². The fraction of sp³-hybridized carbons (Fsp3) is 0.500. The molecule has 1 aromatic carbocycles. The summed E-state index contributed by atoms with van der Waals surface area (Å²) in [6, 6.07) is 7.74. The average molecular weight is 468 g/mol. The molecule has 0 saturated carbocycles. The first kappa shape index (κ1) is 22.8. The summed E-state index contributed by atoms with van der Waals surface area (Å²) in [4.78, 5) is 28.7. The largest absolute Gasteiger partial charge is 0.368 e. The van der Waals surface area contributed by atoms with E-state index in [2.05, 4.69) is 27.3 Å². The fourth-order valence-corrected chi connectivity index (χ4v) is 5.18. The predicted molar refractivity (Wildman–Crippen MR) is 124 cm³/mol. The molecular formula is C20H26ClN5O2S2. The van der Waals surface area contributed by atoms with Crippen molar-refractivity contribution < 1.29 is 9.59 Å². The lowest BCUT2D eigenvalue weighted by Gasteiger charge is -2.36. The van der Waals surface area contributed by atoms with Crippen LogP contribution in [0, 0.1) is 0 Å². The van der Waals surface area contributed by atoms with Gasteiger partial charge in [-0.15, -0.1) is 10.2 Å². The molecule has 10 heteroatoms. The van der Waals surface area contributed by atoms with Crippen molar-refractivity contribution in [1.82, 2.24) is 15.1 Å². The van der Waals surface area contributed by atoms with Crippen LogP contribution in [0.5, 0.6) is 0 Å². The molecule has 7 nitrogen and oxygen atoms in total. The van der Waals surface area contributed by atoms with Crippen LogP contribution < -0.4 is 10.2 Å². The number of anilines is 2. The van der Waals surface area contributed by atoms with Crippen LogP contribution in [0.15, 0.2) is 28.6 Å². The van der Waals surface area contributed by atoms with Crippen molar-refractivity contribution in [3.63, 3.8) is 0 Å². The molecule has 1 N–H and O–H groups in total. The van der Waals surface area contributed by atoms with E-state index in [1.54, 1.807) is 11.8 Å². The molecule has 30 heavy (non-hydrogen) atoms. The number of piperazine rings is 1. The Morgan fingerprint density at radius 1 is 1.20 bits per heavy atom. The first-order valence-corrected chi connectivity index (χ1v) is 12.3. The van der Waals surface area contributed by atoms with Crippen LogP contribution in [0.1, 0.15) is 32.6 Å². The van der Waals surface area contributed by atoms with Crippen molar-refractivity contribution in [1.29, 1.82) is 0 Å². The molecule has 1 aliphatic heterocycles. The smallest absolute Gasteiger partial charge is 0.226 e. The summed E-state index contributed by atoms with van der Waals surface area (Å²) in [7, 11) is 0. The van der Waals surface area contributed by atoms with Crippen LogP contribution in [0.4, 0.5) is 10.8 Å². The number of nitrogens with zero attached hydrogens (tertiary/aromatic N) is 4. The lowest BCUT2D eigenvalue weighted by atomic mass is 10.2. The van der Waals surface area contributed by atoms with Gasteiger partial charge in [0.15, 0.2) is 4.34 Å². The number of nitrogens with one attached hydrogen (secondary N) is 1. The Hall–Kier alpha value is -1.84. The number of halogens is 1. The predicted octanol–water partition coefficient (Wildman–Crippen LogP) is 4.15. The summed E-state index contributed by atoms with van der Waals surface area (Å²) in [5, 5.41) is 12.0. The van der Waals surface area contributed by atoms with Crippen molar-refractivity contribution in [3.05, 3.63) is 29.3 Å². The summed E-state index contributed by atoms with van der Waals surface area (Å²) in [6.45, 7) is 4.93. The van der Waals surface area contributed by atoms with Crippen molar-refractivity contribution in [3.8, 4) is 0 Å². The second kappa shape index (κ2) is 11.5. The summed E-state index contributed by atoms with van der Waals surface area (Å²) < 4.78 is 0.854. The number of hydrogen-bond acceptors (Lipinski definition) is 7. The van der Waals surface area contributed by atoms with E-state index in [-0.39, 0.29) is 24.7 Å². The molecule has 0 aliphatic carbocycles. The number of hydrogen-bond donors (Lipinski definition) is 1. The highest BCUT2D eigenvalue weighted by atomic mass is 35.5. The number of carbonyl (C=O) groups is 2. The Bertz CT molecular complexity index is 855. The Morgan fingerprint density at radius 3 is 2.73 bits per heavy atom. The third-order valence-electron chi connectivity index (χ3n) is 4.75. The number of rotatable bonds is 9. The van der Waals surface area contributed by atoms with Gasteiger partial charge in [-0.2, -0.15) is 0 Å². The minimum atomic E-state index is -0.206. The number of amides is 2. The van der Waals surface area contributed by atoms with Gasteiger partial charge in [0.2, 0.25) is 16.9 Å². The Balaban J connectivity index is 1.38. The Kier molecular flexibility index (Phi) is 8.77. The van der Waals surface area contributed by atoms with Crippen molar-refractivity contribution in [2.75, 3.05) is 42.1 Å². The molecule has 1 aliphatic rings. The van der Waals surface area contributed by atoms with Gasteiger partial charge in [0.05, 0.1) is 0 Å². The van der Waals surface area contributed by atoms with Crippen LogP contribution in [0.25, 0.3) is 0 Å². The lowest BCUT2D eigenvalue weighted by molar-refractivity contribution is -0.133. The molecule has 0 radical (unpaired) electrons. The lowest BCUT2D eigenvalue weighted by Crippen LogP contribution is -2.48. The third kappa shape index (κ3) is 6.85. The van der Waals surface area contributed by atoms with Gasteiger partial charge in [-0.25, -0.2) is 0 Å². The highest BCUT2D eigenvalue weighted by Gasteiger charge is 2.22. The standard InChI is InChI=1S/C20H26ClN5O2S2/c1-2-3-13-29-20-24-23-19(30-20)22-17(27)7-8-18(28)26-11-9-25(10-12-26)16-6-4-5-15(21)14-16/h4-6,14H,2-3,7-13H2,1H3,(H,22,23,27). The molecule has 0 unspecified atom stereocenters. The van der Waals surface area contributed by atoms with E-state index < -0.39 is 0 Å². The van der Waals surface area contributed by atoms with Gasteiger partial charge in [-0.1, -0.05) is 54.1 Å². The van der Waals surface area contributed by atoms with Crippen LogP contribution in [-0.2, 0) is 9.59 Å². The van der Waals surface area contributed by atoms with Gasteiger partial charge in [0.25, 0.3) is 0 Å². The van der Waals surface area contributed by atoms with Gasteiger partial charge in [-0.3, -0.25) is 9.59 Å². The first-order chi connectivity index (χ1) is 14.5. The minimum absolute atomic E-state index is 0.00367. The molecule has 2 heterocycles.